The molecule has 19 heteroatoms. The summed E-state index contributed by atoms with van der Waals surface area (Å²) in [5, 5.41) is 35.2. The van der Waals surface area contributed by atoms with Crippen LogP contribution in [0.25, 0.3) is 33.4 Å². The molecule has 1 saturated carbocycles. The van der Waals surface area contributed by atoms with E-state index in [-0.39, 0.29) is 48.0 Å². The summed E-state index contributed by atoms with van der Waals surface area (Å²) in [6, 6.07) is 24.4. The van der Waals surface area contributed by atoms with Gasteiger partial charge in [0.2, 0.25) is 5.91 Å². The number of aromatic amines is 1. The number of fused-ring (bicyclic) bond motifs is 1. The number of para-hydroxylation sites is 1. The number of amides is 2. The number of H-pyrrole nitrogens is 1. The number of ether oxygens (including phenoxy) is 1. The van der Waals surface area contributed by atoms with Gasteiger partial charge in [-0.15, -0.1) is 10.2 Å². The lowest BCUT2D eigenvalue weighted by molar-refractivity contribution is -0.216. The molecule has 2 unspecified atom stereocenters. The van der Waals surface area contributed by atoms with E-state index in [4.69, 9.17) is 24.1 Å². The molecule has 4 N–H and O–H groups in total. The SMILES string of the molecule is CC(C)[C@@H](C(=O)N1C[C@H](O)C[C@H]1C(=O)NOc1ccc(-c2ccccc2F)cc1)c1cc(O[C@H]2CC[C@H](N3CCC(c4cnc(C56CC7CN(c8c[nH]c9nnc(-c%10ccccc%10O)cc89)CC(C5)N76)nc4)CC3)CC2)no1. The highest BCUT2D eigenvalue weighted by Crippen LogP contribution is 2.59. The first kappa shape index (κ1) is 50.1. The van der Waals surface area contributed by atoms with Crippen LogP contribution in [-0.4, -0.2) is 136 Å². The number of anilines is 1. The first-order chi connectivity index (χ1) is 38.0. The predicted octanol–water partition coefficient (Wildman–Crippen LogP) is 7.86. The Morgan fingerprint density at radius 3 is 2.29 bits per heavy atom. The maximum absolute atomic E-state index is 14.3. The van der Waals surface area contributed by atoms with Crippen molar-refractivity contribution in [3.63, 3.8) is 0 Å². The van der Waals surface area contributed by atoms with Gasteiger partial charge in [0.1, 0.15) is 35.5 Å². The number of nitrogens with zero attached hydrogens (tertiary/aromatic N) is 9. The van der Waals surface area contributed by atoms with Crippen LogP contribution in [0.5, 0.6) is 17.4 Å². The van der Waals surface area contributed by atoms with Crippen molar-refractivity contribution < 1.29 is 38.3 Å². The van der Waals surface area contributed by atoms with Crippen LogP contribution in [0.15, 0.2) is 108 Å². The van der Waals surface area contributed by atoms with E-state index >= 15 is 0 Å². The number of aromatic hydroxyl groups is 1. The molecule has 5 aliphatic heterocycles. The van der Waals surface area contributed by atoms with E-state index in [2.05, 4.69) is 52.9 Å². The van der Waals surface area contributed by atoms with Gasteiger partial charge in [-0.1, -0.05) is 56.3 Å². The summed E-state index contributed by atoms with van der Waals surface area (Å²) in [4.78, 5) is 55.9. The first-order valence-corrected chi connectivity index (χ1v) is 27.6. The van der Waals surface area contributed by atoms with Gasteiger partial charge >= 0.3 is 0 Å². The normalized spacial score (nSPS) is 25.8. The van der Waals surface area contributed by atoms with Gasteiger partial charge in [0, 0.05) is 85.4 Å². The number of hydrogen-bond acceptors (Lipinski definition) is 15. The molecule has 2 amide bonds. The van der Waals surface area contributed by atoms with Crippen LogP contribution in [0, 0.1) is 11.7 Å². The van der Waals surface area contributed by atoms with E-state index in [1.807, 2.05) is 44.3 Å². The molecule has 0 bridgehead atoms. The number of aliphatic hydroxyl groups is 1. The molecule has 3 aromatic carbocycles. The second kappa shape index (κ2) is 20.4. The number of β-amino-alcohol motifs (C(OH)–C–C–N with tert-alkyl or cyclic N) is 1. The minimum atomic E-state index is -0.975. The highest BCUT2D eigenvalue weighted by molar-refractivity contribution is 5.93. The van der Waals surface area contributed by atoms with Crippen LogP contribution in [0.2, 0.25) is 0 Å². The van der Waals surface area contributed by atoms with Crippen molar-refractivity contribution in [3.05, 3.63) is 126 Å². The number of piperidine rings is 2. The number of carbonyl (C=O) groups excluding carboxylic acids is 2. The molecule has 4 aromatic heterocycles. The fourth-order valence-electron chi connectivity index (χ4n) is 13.8. The third kappa shape index (κ3) is 9.17. The van der Waals surface area contributed by atoms with E-state index in [1.54, 1.807) is 54.6 Å². The summed E-state index contributed by atoms with van der Waals surface area (Å²) in [6.45, 7) is 7.71. The van der Waals surface area contributed by atoms with E-state index in [1.165, 1.54) is 16.5 Å². The second-order valence-electron chi connectivity index (χ2n) is 22.7. The van der Waals surface area contributed by atoms with E-state index in [0.717, 1.165) is 100 Å². The van der Waals surface area contributed by atoms with Gasteiger partial charge in [0.05, 0.1) is 23.0 Å². The van der Waals surface area contributed by atoms with Crippen LogP contribution in [0.3, 0.4) is 0 Å². The van der Waals surface area contributed by atoms with Crippen molar-refractivity contribution in [2.24, 2.45) is 5.92 Å². The lowest BCUT2D eigenvalue weighted by Crippen LogP contribution is -2.82. The molecule has 6 fully saturated rings. The number of likely N-dealkylation sites (tertiary alicyclic amines) is 2. The average molecular weight is 1060 g/mol. The molecule has 78 heavy (non-hydrogen) atoms. The molecule has 13 rings (SSSR count). The Balaban J connectivity index is 0.563. The number of halogens is 1. The number of benzene rings is 3. The number of rotatable bonds is 14. The number of nitrogens with one attached hydrogen (secondary N) is 2. The molecule has 0 radical (unpaired) electrons. The molecular weight excluding hydrogens is 994 g/mol. The summed E-state index contributed by atoms with van der Waals surface area (Å²) >= 11 is 0. The Morgan fingerprint density at radius 1 is 0.859 bits per heavy atom. The Morgan fingerprint density at radius 2 is 1.58 bits per heavy atom. The highest BCUT2D eigenvalue weighted by Gasteiger charge is 2.67. The minimum Gasteiger partial charge on any atom is -0.507 e. The quantitative estimate of drug-likeness (QED) is 0.0764. The van der Waals surface area contributed by atoms with Crippen LogP contribution >= 0.6 is 0 Å². The van der Waals surface area contributed by atoms with E-state index in [0.29, 0.717) is 63.8 Å². The lowest BCUT2D eigenvalue weighted by atomic mass is 9.62. The van der Waals surface area contributed by atoms with Crippen LogP contribution in [-0.2, 0) is 15.1 Å². The molecule has 18 nitrogen and oxygen atoms in total. The molecular formula is C59H64FN11O7. The van der Waals surface area contributed by atoms with Gasteiger partial charge in [-0.25, -0.2) is 14.4 Å². The number of phenols is 1. The fourth-order valence-corrected chi connectivity index (χ4v) is 13.8. The zero-order chi connectivity index (χ0) is 53.2. The van der Waals surface area contributed by atoms with Gasteiger partial charge in [-0.2, -0.15) is 5.48 Å². The molecule has 9 heterocycles. The van der Waals surface area contributed by atoms with Crippen molar-refractivity contribution in [3.8, 4) is 39.8 Å². The second-order valence-corrected chi connectivity index (χ2v) is 22.7. The maximum Gasteiger partial charge on any atom is 0.275 e. The number of phenolic OH excluding ortho intramolecular Hbond substituents is 1. The average Bonchev–Trinajstić information content (AvgIpc) is 2.82. The van der Waals surface area contributed by atoms with Gasteiger partial charge < -0.3 is 44.0 Å². The largest absolute Gasteiger partial charge is 0.507 e. The number of hydroxylamine groups is 1. The minimum absolute atomic E-state index is 0.0169. The van der Waals surface area contributed by atoms with Crippen LogP contribution in [0.4, 0.5) is 10.1 Å². The summed E-state index contributed by atoms with van der Waals surface area (Å²) in [5.41, 5.74) is 7.91. The molecule has 1 aliphatic carbocycles. The molecule has 5 saturated heterocycles. The molecule has 7 aromatic rings. The maximum atomic E-state index is 14.3. The van der Waals surface area contributed by atoms with Crippen molar-refractivity contribution in [2.75, 3.05) is 37.6 Å². The number of aromatic nitrogens is 6. The Hall–Kier alpha value is -7.48. The summed E-state index contributed by atoms with van der Waals surface area (Å²) in [6.07, 6.45) is 13.4. The first-order valence-electron chi connectivity index (χ1n) is 27.6. The van der Waals surface area contributed by atoms with Crippen LogP contribution < -0.4 is 20.0 Å². The van der Waals surface area contributed by atoms with Crippen molar-refractivity contribution in [1.82, 2.24) is 50.5 Å². The van der Waals surface area contributed by atoms with E-state index < -0.39 is 24.0 Å². The molecule has 6 aliphatic rings. The monoisotopic (exact) mass is 1060 g/mol. The number of hydrogen-bond donors (Lipinski definition) is 4. The number of aliphatic hydroxyl groups excluding tert-OH is 1. The standard InChI is InChI=1S/C59H64FN11O7/c1-34(2)54(57(75)70-33-41(72)23-49(70)56(74)67-77-43-15-11-36(12-16-43)44-7-3-5-9-47(44)60)52-25-53(66-78-52)76-42-17-13-38(14-18-42)68-21-19-35(20-22-68)37-28-62-58(63-29-37)59-26-39-31-69(32-40(27-59)71(39)59)50-30-61-55-46(50)24-48(64-65-55)45-8-4-6-10-51(45)73/h3-12,15-16,24-25,28-30,34-35,38-42,49,54,72-73H,13-14,17-23,26-27,31-33H2,1-2H3,(H,61,65)(H,67,74)/t38-,39?,40?,41-,42-,49+,54-,59?/m1/s1. The fraction of sp³-hybridized carbons (Fsp3) is 0.441. The topological polar surface area (TPSA) is 211 Å². The van der Waals surface area contributed by atoms with E-state index in [9.17, 15) is 24.2 Å². The summed E-state index contributed by atoms with van der Waals surface area (Å²) < 4.78 is 26.5. The zero-order valence-corrected chi connectivity index (χ0v) is 43.7. The number of piperazine rings is 1. The predicted molar refractivity (Wildman–Crippen MR) is 287 cm³/mol. The number of carbonyl (C=O) groups is 2. The Labute approximate surface area is 450 Å². The van der Waals surface area contributed by atoms with Crippen molar-refractivity contribution >= 4 is 28.5 Å². The summed E-state index contributed by atoms with van der Waals surface area (Å²) in [7, 11) is 0. The molecule has 0 spiro atoms. The summed E-state index contributed by atoms with van der Waals surface area (Å²) in [5.74, 6) is 0.335. The van der Waals surface area contributed by atoms with Crippen molar-refractivity contribution in [1.29, 1.82) is 0 Å². The van der Waals surface area contributed by atoms with Gasteiger partial charge in [0.25, 0.3) is 11.8 Å². The van der Waals surface area contributed by atoms with Crippen LogP contribution in [0.1, 0.15) is 101 Å². The third-order valence-electron chi connectivity index (χ3n) is 17.7. The third-order valence-corrected chi connectivity index (χ3v) is 17.7. The molecule has 5 atom stereocenters. The lowest BCUT2D eigenvalue weighted by Gasteiger charge is -2.72. The Kier molecular flexibility index (Phi) is 13.1. The molecule has 404 valence electrons. The highest BCUT2D eigenvalue weighted by atomic mass is 19.1. The van der Waals surface area contributed by atoms with Gasteiger partial charge in [-0.05, 0) is 129 Å². The van der Waals surface area contributed by atoms with Gasteiger partial charge in [0.15, 0.2) is 17.2 Å². The van der Waals surface area contributed by atoms with Crippen molar-refractivity contribution in [2.45, 2.75) is 125 Å². The van der Waals surface area contributed by atoms with Gasteiger partial charge in [-0.3, -0.25) is 14.5 Å². The Bertz CT molecular complexity index is 3300. The smallest absolute Gasteiger partial charge is 0.275 e. The zero-order valence-electron chi connectivity index (χ0n) is 43.7.